The van der Waals surface area contributed by atoms with Crippen LogP contribution in [0.3, 0.4) is 0 Å². The Morgan fingerprint density at radius 2 is 0.545 bits per heavy atom. The number of rotatable bonds is 13. The number of benzene rings is 20. The summed E-state index contributed by atoms with van der Waals surface area (Å²) in [5, 5.41) is 19.1. The van der Waals surface area contributed by atoms with Crippen LogP contribution in [-0.4, -0.2) is 0 Å². The van der Waals surface area contributed by atoms with Gasteiger partial charge >= 0.3 is 0 Å². The van der Waals surface area contributed by atoms with Gasteiger partial charge < -0.3 is 18.6 Å². The Balaban J connectivity index is 0.587. The minimum atomic E-state index is 0.841. The van der Waals surface area contributed by atoms with Crippen molar-refractivity contribution in [2.24, 2.45) is 0 Å². The molecule has 4 heteroatoms. The highest BCUT2D eigenvalue weighted by molar-refractivity contribution is 6.16. The van der Waals surface area contributed by atoms with E-state index in [0.717, 1.165) is 128 Å². The summed E-state index contributed by atoms with van der Waals surface area (Å²) in [6.07, 6.45) is 0. The van der Waals surface area contributed by atoms with Gasteiger partial charge in [-0.25, -0.2) is 0 Å². The first-order chi connectivity index (χ1) is 55.5. The predicted molar refractivity (Wildman–Crippen MR) is 473 cm³/mol. The zero-order valence-corrected chi connectivity index (χ0v) is 61.0. The van der Waals surface area contributed by atoms with Crippen LogP contribution in [0.2, 0.25) is 0 Å². The van der Waals surface area contributed by atoms with E-state index in [2.05, 4.69) is 410 Å². The SMILES string of the molecule is c1cc(-c2cccc3ccccc23)cc(N(c2ccc(-c3ccc4oc5ccccc5c4c3)cc2)c2ccc(-c3cccc4c3ccc3cc(-c5ccc6c(c5)oc5c(-c7ccccc7N(c7ccc(-c8cccc9ccccc89)cc7)c7ccc(-c8cccc9c8ccc8ccccc89)cc7)cccc56)ccc34)cc2)c1. The van der Waals surface area contributed by atoms with E-state index in [9.17, 15) is 0 Å². The number of para-hydroxylation sites is 3. The Bertz CT molecular complexity index is 7480. The molecule has 2 aromatic heterocycles. The summed E-state index contributed by atoms with van der Waals surface area (Å²) >= 11 is 0. The summed E-state index contributed by atoms with van der Waals surface area (Å²) in [7, 11) is 0. The zero-order chi connectivity index (χ0) is 73.7. The van der Waals surface area contributed by atoms with E-state index in [-0.39, 0.29) is 0 Å². The van der Waals surface area contributed by atoms with Crippen molar-refractivity contribution in [3.05, 3.63) is 413 Å². The van der Waals surface area contributed by atoms with Gasteiger partial charge in [-0.1, -0.05) is 309 Å². The number of furan rings is 2. The Labute approximate surface area is 647 Å². The van der Waals surface area contributed by atoms with Gasteiger partial charge in [0.05, 0.1) is 5.69 Å². The van der Waals surface area contributed by atoms with E-state index in [1.807, 2.05) is 12.1 Å². The van der Waals surface area contributed by atoms with Crippen molar-refractivity contribution in [2.45, 2.75) is 0 Å². The van der Waals surface area contributed by atoms with Gasteiger partial charge in [0.2, 0.25) is 0 Å². The second kappa shape index (κ2) is 26.5. The van der Waals surface area contributed by atoms with Crippen LogP contribution >= 0.6 is 0 Å². The first-order valence-electron chi connectivity index (χ1n) is 38.4. The molecule has 0 fully saturated rings. The molecule has 0 aliphatic rings. The second-order valence-corrected chi connectivity index (χ2v) is 29.4. The standard InChI is InChI=1S/C108H68N2O2/c1-4-24-86-70(17-1)20-12-29-88(86)73-43-56-83(57-44-73)110(84-58-45-75(46-59-84)90-31-14-33-94-89-26-6-3-19-72(89)47-61-96(90)94)104-37-9-7-27-98(104)101-35-16-36-102-100-63-49-78(68-107(100)112-108(101)102)76-48-60-93-80(65-76)50-62-97-91(32-15-34-95(93)97)74-41-54-82(55-42-74)109(85-23-11-22-79(66-85)92-30-13-21-71-18-2-5-25-87(71)92)81-52-39-69(40-53-81)77-51-64-106-103(67-77)99-28-8-10-38-105(99)111-106/h1-68H. The molecule has 22 aromatic rings. The van der Waals surface area contributed by atoms with Gasteiger partial charge in [-0.3, -0.25) is 0 Å². The molecule has 22 rings (SSSR count). The number of hydrogen-bond donors (Lipinski definition) is 0. The third-order valence-electron chi connectivity index (χ3n) is 23.1. The summed E-state index contributed by atoms with van der Waals surface area (Å²) in [5.74, 6) is 0. The molecule has 0 unspecified atom stereocenters. The molecular formula is C108H68N2O2. The smallest absolute Gasteiger partial charge is 0.143 e. The van der Waals surface area contributed by atoms with E-state index < -0.39 is 0 Å². The first-order valence-corrected chi connectivity index (χ1v) is 38.4. The van der Waals surface area contributed by atoms with Gasteiger partial charge in [0.25, 0.3) is 0 Å². The lowest BCUT2D eigenvalue weighted by atomic mass is 9.93. The van der Waals surface area contributed by atoms with Gasteiger partial charge in [0.1, 0.15) is 22.3 Å². The van der Waals surface area contributed by atoms with Crippen LogP contribution in [-0.2, 0) is 0 Å². The highest BCUT2D eigenvalue weighted by Gasteiger charge is 2.24. The van der Waals surface area contributed by atoms with E-state index in [1.165, 1.54) is 92.5 Å². The summed E-state index contributed by atoms with van der Waals surface area (Å²) < 4.78 is 13.4. The molecule has 20 aromatic carbocycles. The molecule has 0 amide bonds. The normalized spacial score (nSPS) is 11.8. The second-order valence-electron chi connectivity index (χ2n) is 29.4. The molecule has 0 bridgehead atoms. The van der Waals surface area contributed by atoms with E-state index in [4.69, 9.17) is 8.83 Å². The average molecular weight is 1430 g/mol. The molecule has 0 radical (unpaired) electrons. The molecule has 0 spiro atoms. The maximum Gasteiger partial charge on any atom is 0.143 e. The fourth-order valence-electron chi connectivity index (χ4n) is 17.6. The highest BCUT2D eigenvalue weighted by Crippen LogP contribution is 2.48. The highest BCUT2D eigenvalue weighted by atomic mass is 16.3. The van der Waals surface area contributed by atoms with Gasteiger partial charge in [-0.15, -0.1) is 0 Å². The van der Waals surface area contributed by atoms with Crippen molar-refractivity contribution in [1.82, 2.24) is 0 Å². The fraction of sp³-hybridized carbons (Fsp3) is 0. The Morgan fingerprint density at radius 3 is 1.19 bits per heavy atom. The average Bonchev–Trinajstić information content (AvgIpc) is 1.38. The number of nitrogens with zero attached hydrogens (tertiary/aromatic N) is 2. The minimum Gasteiger partial charge on any atom is -0.456 e. The number of hydrogen-bond acceptors (Lipinski definition) is 4. The first kappa shape index (κ1) is 64.3. The fourth-order valence-corrected chi connectivity index (χ4v) is 17.6. The molecule has 4 nitrogen and oxygen atoms in total. The summed E-state index contributed by atoms with van der Waals surface area (Å²) in [6, 6.07) is 151. The van der Waals surface area contributed by atoms with Crippen molar-refractivity contribution < 1.29 is 8.83 Å². The van der Waals surface area contributed by atoms with Crippen molar-refractivity contribution in [3.8, 4) is 77.9 Å². The van der Waals surface area contributed by atoms with Crippen LogP contribution in [0.15, 0.2) is 421 Å². The third kappa shape index (κ3) is 11.0. The largest absolute Gasteiger partial charge is 0.456 e. The topological polar surface area (TPSA) is 32.8 Å². The Morgan fingerprint density at radius 1 is 0.152 bits per heavy atom. The van der Waals surface area contributed by atoms with Crippen LogP contribution in [0.1, 0.15) is 0 Å². The quantitative estimate of drug-likeness (QED) is 0.108. The molecule has 0 atom stereocenters. The molecule has 522 valence electrons. The molecule has 112 heavy (non-hydrogen) atoms. The lowest BCUT2D eigenvalue weighted by molar-refractivity contribution is 0.669. The predicted octanol–water partition coefficient (Wildman–Crippen LogP) is 31.0. The lowest BCUT2D eigenvalue weighted by Crippen LogP contribution is -2.11. The number of anilines is 6. The molecule has 0 aliphatic heterocycles. The molecule has 0 aliphatic carbocycles. The molecular weight excluding hydrogens is 1360 g/mol. The Hall–Kier alpha value is -14.8. The minimum absolute atomic E-state index is 0.841. The van der Waals surface area contributed by atoms with Crippen LogP contribution in [0, 0.1) is 0 Å². The van der Waals surface area contributed by atoms with E-state index in [1.54, 1.807) is 0 Å². The zero-order valence-electron chi connectivity index (χ0n) is 61.0. The molecule has 2 heterocycles. The maximum atomic E-state index is 7.19. The van der Waals surface area contributed by atoms with Crippen LogP contribution in [0.5, 0.6) is 0 Å². The van der Waals surface area contributed by atoms with Crippen molar-refractivity contribution in [3.63, 3.8) is 0 Å². The van der Waals surface area contributed by atoms with Gasteiger partial charge in [-0.05, 0) is 235 Å². The molecule has 0 saturated heterocycles. The van der Waals surface area contributed by atoms with Gasteiger partial charge in [0.15, 0.2) is 0 Å². The summed E-state index contributed by atoms with van der Waals surface area (Å²) in [5.41, 5.74) is 25.8. The third-order valence-corrected chi connectivity index (χ3v) is 23.1. The molecule has 0 N–H and O–H groups in total. The maximum absolute atomic E-state index is 7.19. The number of fused-ring (bicyclic) bond motifs is 14. The Kier molecular flexibility index (Phi) is 15.2. The van der Waals surface area contributed by atoms with Crippen molar-refractivity contribution >= 4 is 143 Å². The van der Waals surface area contributed by atoms with Gasteiger partial charge in [0, 0.05) is 61.1 Å². The van der Waals surface area contributed by atoms with Gasteiger partial charge in [-0.2, -0.15) is 0 Å². The van der Waals surface area contributed by atoms with Crippen LogP contribution in [0.25, 0.3) is 186 Å². The monoisotopic (exact) mass is 1420 g/mol. The van der Waals surface area contributed by atoms with Crippen molar-refractivity contribution in [2.75, 3.05) is 9.80 Å². The lowest BCUT2D eigenvalue weighted by Gasteiger charge is -2.28. The van der Waals surface area contributed by atoms with E-state index >= 15 is 0 Å². The van der Waals surface area contributed by atoms with Crippen LogP contribution < -0.4 is 9.80 Å². The summed E-state index contributed by atoms with van der Waals surface area (Å²) in [4.78, 5) is 4.78. The van der Waals surface area contributed by atoms with Crippen LogP contribution in [0.4, 0.5) is 34.1 Å². The van der Waals surface area contributed by atoms with Crippen molar-refractivity contribution in [1.29, 1.82) is 0 Å². The molecule has 0 saturated carbocycles. The van der Waals surface area contributed by atoms with E-state index in [0.29, 0.717) is 0 Å². The summed E-state index contributed by atoms with van der Waals surface area (Å²) in [6.45, 7) is 0.